The summed E-state index contributed by atoms with van der Waals surface area (Å²) in [6, 6.07) is 9.99. The molecule has 3 N–H and O–H groups in total. The Bertz CT molecular complexity index is 1080. The first-order valence-corrected chi connectivity index (χ1v) is 9.13. The summed E-state index contributed by atoms with van der Waals surface area (Å²) < 4.78 is 44.1. The molecule has 1 aliphatic rings. The van der Waals surface area contributed by atoms with Crippen LogP contribution in [0.2, 0.25) is 0 Å². The van der Waals surface area contributed by atoms with E-state index in [0.717, 1.165) is 12.1 Å². The van der Waals surface area contributed by atoms with Gasteiger partial charge in [-0.15, -0.1) is 0 Å². The van der Waals surface area contributed by atoms with E-state index in [9.17, 15) is 23.5 Å². The number of aliphatic imine (C=N–C) groups is 1. The number of fused-ring (bicyclic) bond motifs is 1. The average Bonchev–Trinajstić information content (AvgIpc) is 2.71. The van der Waals surface area contributed by atoms with Crippen molar-refractivity contribution in [2.24, 2.45) is 4.99 Å². The Hall–Kier alpha value is -3.76. The van der Waals surface area contributed by atoms with Gasteiger partial charge in [-0.2, -0.15) is 23.7 Å². The maximum absolute atomic E-state index is 12.8. The van der Waals surface area contributed by atoms with Crippen LogP contribution in [-0.2, 0) is 6.18 Å². The van der Waals surface area contributed by atoms with Crippen molar-refractivity contribution in [1.82, 2.24) is 5.32 Å². The lowest BCUT2D eigenvalue weighted by atomic mass is 9.86. The zero-order chi connectivity index (χ0) is 22.8. The van der Waals surface area contributed by atoms with Crippen molar-refractivity contribution in [3.05, 3.63) is 59.2 Å². The van der Waals surface area contributed by atoms with Crippen molar-refractivity contribution in [1.29, 1.82) is 10.5 Å². The van der Waals surface area contributed by atoms with Crippen LogP contribution in [0, 0.1) is 22.8 Å². The second kappa shape index (κ2) is 8.17. The maximum Gasteiger partial charge on any atom is 0.416 e. The fraction of sp³-hybridized carbons (Fsp3) is 0.286. The Morgan fingerprint density at radius 3 is 2.42 bits per heavy atom. The first kappa shape index (κ1) is 21.9. The standard InChI is InChI=1S/C21H18F3N5O2/c1-20(2)18(30)17(15-9-12(10-25)3-8-16(15)31-20)29-19(27-11-26)28-14-6-4-13(5-7-14)21(22,23)24/h3-9,17-18,30H,1-2H3,(H2,27,28,29). The quantitative estimate of drug-likeness (QED) is 0.290. The molecular formula is C21H18F3N5O2. The fourth-order valence-corrected chi connectivity index (χ4v) is 3.14. The number of anilines is 1. The monoisotopic (exact) mass is 429 g/mol. The van der Waals surface area contributed by atoms with Crippen LogP contribution in [0.3, 0.4) is 0 Å². The normalized spacial score (nSPS) is 19.9. The second-order valence-corrected chi connectivity index (χ2v) is 7.37. The molecule has 0 spiro atoms. The maximum atomic E-state index is 12.8. The molecular weight excluding hydrogens is 411 g/mol. The number of rotatable bonds is 2. The van der Waals surface area contributed by atoms with E-state index in [2.05, 4.69) is 15.6 Å². The van der Waals surface area contributed by atoms with Gasteiger partial charge in [0, 0.05) is 11.3 Å². The first-order chi connectivity index (χ1) is 14.5. The molecule has 0 radical (unpaired) electrons. The van der Waals surface area contributed by atoms with Crippen molar-refractivity contribution in [3.63, 3.8) is 0 Å². The summed E-state index contributed by atoms with van der Waals surface area (Å²) in [4.78, 5) is 4.40. The van der Waals surface area contributed by atoms with Crippen LogP contribution in [0.1, 0.15) is 36.6 Å². The summed E-state index contributed by atoms with van der Waals surface area (Å²) in [6.07, 6.45) is -3.91. The van der Waals surface area contributed by atoms with E-state index in [0.29, 0.717) is 16.9 Å². The predicted octanol–water partition coefficient (Wildman–Crippen LogP) is 3.69. The molecule has 0 amide bonds. The zero-order valence-electron chi connectivity index (χ0n) is 16.5. The van der Waals surface area contributed by atoms with Crippen LogP contribution < -0.4 is 15.4 Å². The first-order valence-electron chi connectivity index (χ1n) is 9.13. The molecule has 160 valence electrons. The van der Waals surface area contributed by atoms with Crippen LogP contribution in [-0.4, -0.2) is 22.8 Å². The van der Waals surface area contributed by atoms with Gasteiger partial charge in [-0.1, -0.05) is 0 Å². The molecule has 1 aliphatic heterocycles. The van der Waals surface area contributed by atoms with Gasteiger partial charge in [-0.25, -0.2) is 4.99 Å². The number of guanidine groups is 1. The Labute approximate surface area is 176 Å². The number of ether oxygens (including phenoxy) is 1. The highest BCUT2D eigenvalue weighted by atomic mass is 19.4. The van der Waals surface area contributed by atoms with Crippen LogP contribution in [0.5, 0.6) is 5.75 Å². The number of hydrogen-bond acceptors (Lipinski definition) is 5. The van der Waals surface area contributed by atoms with E-state index in [1.54, 1.807) is 32.2 Å². The van der Waals surface area contributed by atoms with Gasteiger partial charge in [0.25, 0.3) is 0 Å². The molecule has 2 atom stereocenters. The summed E-state index contributed by atoms with van der Waals surface area (Å²) in [7, 11) is 0. The van der Waals surface area contributed by atoms with Gasteiger partial charge in [0.1, 0.15) is 23.5 Å². The smallest absolute Gasteiger partial charge is 0.416 e. The lowest BCUT2D eigenvalue weighted by molar-refractivity contribution is -0.137. The van der Waals surface area contributed by atoms with Gasteiger partial charge in [0.05, 0.1) is 17.2 Å². The highest BCUT2D eigenvalue weighted by Gasteiger charge is 2.43. The molecule has 1 heterocycles. The molecule has 0 bridgehead atoms. The van der Waals surface area contributed by atoms with Crippen molar-refractivity contribution in [2.45, 2.75) is 37.8 Å². The predicted molar refractivity (Wildman–Crippen MR) is 106 cm³/mol. The highest BCUT2D eigenvalue weighted by molar-refractivity contribution is 5.94. The molecule has 0 aliphatic carbocycles. The van der Waals surface area contributed by atoms with E-state index in [1.165, 1.54) is 18.2 Å². The molecule has 2 unspecified atom stereocenters. The number of halogens is 3. The number of nitriles is 2. The minimum absolute atomic E-state index is 0.0858. The Kier molecular flexibility index (Phi) is 5.78. The van der Waals surface area contributed by atoms with Crippen molar-refractivity contribution < 1.29 is 23.0 Å². The molecule has 2 aromatic rings. The average molecular weight is 429 g/mol. The number of alkyl halides is 3. The van der Waals surface area contributed by atoms with Gasteiger partial charge in [-0.3, -0.25) is 5.32 Å². The van der Waals surface area contributed by atoms with E-state index in [-0.39, 0.29) is 11.6 Å². The number of aliphatic hydroxyl groups is 1. The van der Waals surface area contributed by atoms with Crippen LogP contribution in [0.15, 0.2) is 47.5 Å². The molecule has 0 fully saturated rings. The largest absolute Gasteiger partial charge is 0.485 e. The lowest BCUT2D eigenvalue weighted by Gasteiger charge is -2.40. The number of hydrogen-bond donors (Lipinski definition) is 3. The molecule has 0 saturated heterocycles. The van der Waals surface area contributed by atoms with Crippen molar-refractivity contribution in [3.8, 4) is 18.0 Å². The number of aliphatic hydroxyl groups excluding tert-OH is 1. The summed E-state index contributed by atoms with van der Waals surface area (Å²) in [5.41, 5.74) is -0.815. The SMILES string of the molecule is CC1(C)Oc2ccc(C#N)cc2C(N=C(NC#N)Nc2ccc(C(F)(F)F)cc2)C1O. The van der Waals surface area contributed by atoms with Crippen molar-refractivity contribution in [2.75, 3.05) is 5.32 Å². The van der Waals surface area contributed by atoms with E-state index >= 15 is 0 Å². The fourth-order valence-electron chi connectivity index (χ4n) is 3.14. The van der Waals surface area contributed by atoms with E-state index < -0.39 is 29.5 Å². The summed E-state index contributed by atoms with van der Waals surface area (Å²) in [5.74, 6) is 0.339. The minimum atomic E-state index is -4.47. The van der Waals surface area contributed by atoms with Gasteiger partial charge in [0.15, 0.2) is 6.19 Å². The van der Waals surface area contributed by atoms with Gasteiger partial charge in [0.2, 0.25) is 5.96 Å². The molecule has 3 rings (SSSR count). The molecule has 0 aromatic heterocycles. The third-order valence-electron chi connectivity index (χ3n) is 4.76. The van der Waals surface area contributed by atoms with E-state index in [4.69, 9.17) is 10.00 Å². The van der Waals surface area contributed by atoms with Crippen molar-refractivity contribution >= 4 is 11.6 Å². The number of nitrogens with zero attached hydrogens (tertiary/aromatic N) is 3. The number of nitrogens with one attached hydrogen (secondary N) is 2. The van der Waals surface area contributed by atoms with Crippen LogP contribution >= 0.6 is 0 Å². The van der Waals surface area contributed by atoms with Gasteiger partial charge in [-0.05, 0) is 56.3 Å². The summed E-state index contributed by atoms with van der Waals surface area (Å²) in [5, 5.41) is 34.2. The summed E-state index contributed by atoms with van der Waals surface area (Å²) >= 11 is 0. The third kappa shape index (κ3) is 4.71. The lowest BCUT2D eigenvalue weighted by Crippen LogP contribution is -2.49. The zero-order valence-corrected chi connectivity index (χ0v) is 16.5. The number of benzene rings is 2. The Morgan fingerprint density at radius 1 is 1.16 bits per heavy atom. The van der Waals surface area contributed by atoms with E-state index in [1.807, 2.05) is 6.07 Å². The molecule has 0 saturated carbocycles. The molecule has 7 nitrogen and oxygen atoms in total. The van der Waals surface area contributed by atoms with Crippen LogP contribution in [0.25, 0.3) is 0 Å². The summed E-state index contributed by atoms with van der Waals surface area (Å²) in [6.45, 7) is 3.34. The molecule has 31 heavy (non-hydrogen) atoms. The molecule has 2 aromatic carbocycles. The topological polar surface area (TPSA) is 113 Å². The minimum Gasteiger partial charge on any atom is -0.485 e. The third-order valence-corrected chi connectivity index (χ3v) is 4.76. The molecule has 10 heteroatoms. The highest BCUT2D eigenvalue weighted by Crippen LogP contribution is 2.42. The second-order valence-electron chi connectivity index (χ2n) is 7.37. The van der Waals surface area contributed by atoms with Gasteiger partial charge < -0.3 is 15.2 Å². The Morgan fingerprint density at radius 2 is 1.84 bits per heavy atom. The van der Waals surface area contributed by atoms with Crippen LogP contribution in [0.4, 0.5) is 18.9 Å². The Balaban J connectivity index is 1.99. The van der Waals surface area contributed by atoms with Gasteiger partial charge >= 0.3 is 6.18 Å².